The van der Waals surface area contributed by atoms with Crippen molar-refractivity contribution in [1.29, 1.82) is 0 Å². The first-order chi connectivity index (χ1) is 9.54. The number of hydrogen-bond donors (Lipinski definition) is 1. The normalized spacial score (nSPS) is 21.8. The van der Waals surface area contributed by atoms with Gasteiger partial charge in [0.15, 0.2) is 0 Å². The lowest BCUT2D eigenvalue weighted by Gasteiger charge is -2.26. The summed E-state index contributed by atoms with van der Waals surface area (Å²) in [5.41, 5.74) is 0. The first kappa shape index (κ1) is 16.3. The monoisotopic (exact) mass is 283 g/mol. The Morgan fingerprint density at radius 1 is 1.10 bits per heavy atom. The van der Waals surface area contributed by atoms with Crippen LogP contribution in [0, 0.1) is 4.91 Å². The van der Waals surface area contributed by atoms with Gasteiger partial charge in [-0.05, 0) is 18.0 Å². The van der Waals surface area contributed by atoms with E-state index in [1.807, 2.05) is 0 Å². The molecule has 1 saturated heterocycles. The van der Waals surface area contributed by atoms with Crippen molar-refractivity contribution in [3.63, 3.8) is 0 Å². The van der Waals surface area contributed by atoms with Gasteiger partial charge in [-0.25, -0.2) is 9.69 Å². The SMILES string of the molecule is CCCCCCC[NH+]=C1C(N=O)C(=O)N(C)C(=O)N1C. The van der Waals surface area contributed by atoms with Crippen LogP contribution < -0.4 is 4.99 Å². The molecule has 1 unspecified atom stereocenters. The van der Waals surface area contributed by atoms with Crippen LogP contribution in [-0.4, -0.2) is 54.3 Å². The Labute approximate surface area is 119 Å². The van der Waals surface area contributed by atoms with E-state index in [2.05, 4.69) is 17.1 Å². The molecule has 0 saturated carbocycles. The number of hydrogen-bond acceptors (Lipinski definition) is 4. The maximum Gasteiger partial charge on any atom is 0.417 e. The van der Waals surface area contributed by atoms with Crippen molar-refractivity contribution in [2.75, 3.05) is 20.6 Å². The van der Waals surface area contributed by atoms with Crippen LogP contribution in [0.4, 0.5) is 4.79 Å². The third-order valence-corrected chi connectivity index (χ3v) is 3.45. The highest BCUT2D eigenvalue weighted by Crippen LogP contribution is 2.10. The van der Waals surface area contributed by atoms with Gasteiger partial charge in [-0.1, -0.05) is 26.2 Å². The van der Waals surface area contributed by atoms with E-state index in [1.165, 1.54) is 38.3 Å². The number of unbranched alkanes of at least 4 members (excludes halogenated alkanes) is 4. The van der Waals surface area contributed by atoms with Gasteiger partial charge in [0, 0.05) is 7.05 Å². The number of carbonyl (C=O) groups is 2. The second kappa shape index (κ2) is 7.72. The van der Waals surface area contributed by atoms with Crippen molar-refractivity contribution in [3.8, 4) is 0 Å². The van der Waals surface area contributed by atoms with E-state index < -0.39 is 18.0 Å². The summed E-state index contributed by atoms with van der Waals surface area (Å²) in [4.78, 5) is 39.7. The maximum atomic E-state index is 11.8. The van der Waals surface area contributed by atoms with Crippen molar-refractivity contribution in [2.45, 2.75) is 45.1 Å². The van der Waals surface area contributed by atoms with Gasteiger partial charge in [-0.3, -0.25) is 9.79 Å². The van der Waals surface area contributed by atoms with Crippen LogP contribution in [0.3, 0.4) is 0 Å². The van der Waals surface area contributed by atoms with E-state index in [1.54, 1.807) is 0 Å². The molecular weight excluding hydrogens is 260 g/mol. The van der Waals surface area contributed by atoms with Gasteiger partial charge >= 0.3 is 6.03 Å². The average Bonchev–Trinajstić information content (AvgIpc) is 2.45. The molecule has 1 heterocycles. The lowest BCUT2D eigenvalue weighted by molar-refractivity contribution is -0.464. The average molecular weight is 283 g/mol. The van der Waals surface area contributed by atoms with Crippen molar-refractivity contribution < 1.29 is 14.6 Å². The summed E-state index contributed by atoms with van der Waals surface area (Å²) in [7, 11) is 2.88. The molecule has 112 valence electrons. The van der Waals surface area contributed by atoms with Crippen LogP contribution in [-0.2, 0) is 4.79 Å². The van der Waals surface area contributed by atoms with E-state index in [4.69, 9.17) is 0 Å². The van der Waals surface area contributed by atoms with Gasteiger partial charge < -0.3 is 0 Å². The molecule has 0 aromatic carbocycles. The molecule has 0 aromatic rings. The molecule has 0 aromatic heterocycles. The van der Waals surface area contributed by atoms with E-state index in [0.29, 0.717) is 6.54 Å². The molecule has 0 spiro atoms. The molecule has 1 N–H and O–H groups in total. The molecule has 1 aliphatic heterocycles. The summed E-state index contributed by atoms with van der Waals surface area (Å²) in [6.07, 6.45) is 5.57. The van der Waals surface area contributed by atoms with Gasteiger partial charge in [0.05, 0.1) is 13.6 Å². The van der Waals surface area contributed by atoms with Crippen molar-refractivity contribution in [3.05, 3.63) is 4.91 Å². The Balaban J connectivity index is 2.66. The van der Waals surface area contributed by atoms with Crippen molar-refractivity contribution >= 4 is 17.8 Å². The van der Waals surface area contributed by atoms with E-state index in [0.717, 1.165) is 17.7 Å². The predicted octanol–water partition coefficient (Wildman–Crippen LogP) is 0.0947. The molecule has 1 fully saturated rings. The highest BCUT2D eigenvalue weighted by molar-refractivity contribution is 6.18. The van der Waals surface area contributed by atoms with Gasteiger partial charge in [-0.2, -0.15) is 4.90 Å². The molecular formula is C13H23N4O3+. The van der Waals surface area contributed by atoms with Crippen LogP contribution in [0.15, 0.2) is 5.18 Å². The standard InChI is InChI=1S/C13H22N4O3/c1-4-5-6-7-8-9-14-11-10(15-20)12(18)17(3)13(19)16(11)2/h10H,4-9H2,1-3H3/p+1. The lowest BCUT2D eigenvalue weighted by Crippen LogP contribution is -2.82. The number of amidine groups is 1. The molecule has 7 heteroatoms. The first-order valence-corrected chi connectivity index (χ1v) is 7.03. The Bertz CT molecular complexity index is 408. The number of nitrogens with one attached hydrogen (secondary N) is 1. The zero-order chi connectivity index (χ0) is 15.1. The summed E-state index contributed by atoms with van der Waals surface area (Å²) in [5.74, 6) is -0.305. The Morgan fingerprint density at radius 2 is 1.75 bits per heavy atom. The quantitative estimate of drug-likeness (QED) is 0.531. The minimum Gasteiger partial charge on any atom is -0.275 e. The fraction of sp³-hybridized carbons (Fsp3) is 0.769. The number of nitrogens with zero attached hydrogens (tertiary/aromatic N) is 3. The fourth-order valence-corrected chi connectivity index (χ4v) is 2.16. The predicted molar refractivity (Wildman–Crippen MR) is 75.1 cm³/mol. The first-order valence-electron chi connectivity index (χ1n) is 7.03. The smallest absolute Gasteiger partial charge is 0.275 e. The highest BCUT2D eigenvalue weighted by Gasteiger charge is 2.47. The van der Waals surface area contributed by atoms with Crippen LogP contribution in [0.2, 0.25) is 0 Å². The Hall–Kier alpha value is -1.79. The van der Waals surface area contributed by atoms with Gasteiger partial charge in [0.1, 0.15) is 0 Å². The number of imide groups is 1. The summed E-state index contributed by atoms with van der Waals surface area (Å²) in [5, 5.41) is 2.84. The van der Waals surface area contributed by atoms with Crippen LogP contribution in [0.25, 0.3) is 0 Å². The second-order valence-corrected chi connectivity index (χ2v) is 4.97. The van der Waals surface area contributed by atoms with E-state index in [9.17, 15) is 14.5 Å². The van der Waals surface area contributed by atoms with Crippen LogP contribution in [0.1, 0.15) is 39.0 Å². The van der Waals surface area contributed by atoms with Crippen molar-refractivity contribution in [2.24, 2.45) is 5.18 Å². The number of rotatable bonds is 7. The summed E-state index contributed by atoms with van der Waals surface area (Å²) in [6.45, 7) is 2.78. The second-order valence-electron chi connectivity index (χ2n) is 4.97. The fourth-order valence-electron chi connectivity index (χ4n) is 2.16. The molecule has 1 atom stereocenters. The van der Waals surface area contributed by atoms with Gasteiger partial charge in [-0.15, -0.1) is 4.91 Å². The summed E-state index contributed by atoms with van der Waals surface area (Å²) in [6, 6.07) is -1.61. The molecule has 1 rings (SSSR count). The molecule has 3 amide bonds. The van der Waals surface area contributed by atoms with Gasteiger partial charge in [0.2, 0.25) is 0 Å². The zero-order valence-electron chi connectivity index (χ0n) is 12.4. The lowest BCUT2D eigenvalue weighted by atomic mass is 10.1. The summed E-state index contributed by atoms with van der Waals surface area (Å²) >= 11 is 0. The van der Waals surface area contributed by atoms with Crippen LogP contribution in [0.5, 0.6) is 0 Å². The van der Waals surface area contributed by atoms with E-state index >= 15 is 0 Å². The topological polar surface area (TPSA) is 84.0 Å². The Morgan fingerprint density at radius 3 is 2.35 bits per heavy atom. The van der Waals surface area contributed by atoms with Crippen molar-refractivity contribution in [1.82, 2.24) is 9.80 Å². The minimum atomic E-state index is -1.15. The molecule has 0 bridgehead atoms. The van der Waals surface area contributed by atoms with Crippen LogP contribution >= 0.6 is 0 Å². The molecule has 0 aliphatic carbocycles. The zero-order valence-corrected chi connectivity index (χ0v) is 12.4. The molecule has 7 nitrogen and oxygen atoms in total. The minimum absolute atomic E-state index is 0.281. The molecule has 20 heavy (non-hydrogen) atoms. The highest BCUT2D eigenvalue weighted by atomic mass is 16.3. The van der Waals surface area contributed by atoms with Gasteiger partial charge in [0.25, 0.3) is 17.8 Å². The number of carbonyl (C=O) groups excluding carboxylic acids is 2. The number of nitroso groups, excluding NO2 is 1. The molecule has 0 radical (unpaired) electrons. The maximum absolute atomic E-state index is 11.8. The third-order valence-electron chi connectivity index (χ3n) is 3.45. The largest absolute Gasteiger partial charge is 0.417 e. The number of amides is 3. The third kappa shape index (κ3) is 3.61. The molecule has 1 aliphatic rings. The van der Waals surface area contributed by atoms with E-state index in [-0.39, 0.29) is 5.84 Å². The number of likely N-dealkylation sites (N-methyl/N-ethyl adjacent to an activating group) is 2. The Kier molecular flexibility index (Phi) is 6.27. The summed E-state index contributed by atoms with van der Waals surface area (Å²) < 4.78 is 0. The number of urea groups is 1.